The van der Waals surface area contributed by atoms with Gasteiger partial charge in [0.05, 0.1) is 16.1 Å². The summed E-state index contributed by atoms with van der Waals surface area (Å²) in [5.41, 5.74) is 0. The van der Waals surface area contributed by atoms with Crippen LogP contribution in [0.5, 0.6) is 0 Å². The first-order valence-corrected chi connectivity index (χ1v) is 6.54. The minimum Gasteiger partial charge on any atom is -0.298 e. The molecule has 1 atom stereocenters. The molecule has 1 aliphatic rings. The van der Waals surface area contributed by atoms with Crippen LogP contribution in [0.4, 0.5) is 0 Å². The van der Waals surface area contributed by atoms with Crippen molar-refractivity contribution in [3.05, 3.63) is 23.4 Å². The average molecular weight is 254 g/mol. The van der Waals surface area contributed by atoms with Gasteiger partial charge < -0.3 is 0 Å². The summed E-state index contributed by atoms with van der Waals surface area (Å²) in [7, 11) is 0. The molecule has 3 nitrogen and oxygen atoms in total. The van der Waals surface area contributed by atoms with Crippen molar-refractivity contribution in [1.29, 1.82) is 5.26 Å². The van der Waals surface area contributed by atoms with Crippen molar-refractivity contribution in [3.63, 3.8) is 0 Å². The second-order valence-electron chi connectivity index (χ2n) is 3.75. The molecular formula is C11H12ClN3S. The lowest BCUT2D eigenvalue weighted by Gasteiger charge is -2.09. The fourth-order valence-corrected chi connectivity index (χ4v) is 2.18. The van der Waals surface area contributed by atoms with E-state index in [1.54, 1.807) is 18.0 Å². The number of thioether (sulfide) groups is 1. The number of rotatable bonds is 5. The fourth-order valence-electron chi connectivity index (χ4n) is 1.27. The van der Waals surface area contributed by atoms with Gasteiger partial charge in [-0.3, -0.25) is 5.32 Å². The van der Waals surface area contributed by atoms with E-state index >= 15 is 0 Å². The summed E-state index contributed by atoms with van der Waals surface area (Å²) in [5, 5.41) is 13.8. The molecule has 1 aromatic rings. The lowest BCUT2D eigenvalue weighted by molar-refractivity contribution is 0.644. The predicted molar refractivity (Wildman–Crippen MR) is 65.5 cm³/mol. The summed E-state index contributed by atoms with van der Waals surface area (Å²) in [6.07, 6.45) is 4.02. The summed E-state index contributed by atoms with van der Waals surface area (Å²) < 4.78 is 0. The number of hydrogen-bond acceptors (Lipinski definition) is 4. The van der Waals surface area contributed by atoms with Crippen LogP contribution in [0.1, 0.15) is 12.8 Å². The van der Waals surface area contributed by atoms with Crippen molar-refractivity contribution in [3.8, 4) is 6.07 Å². The van der Waals surface area contributed by atoms with Crippen LogP contribution in [0.2, 0.25) is 5.02 Å². The summed E-state index contributed by atoms with van der Waals surface area (Å²) >= 11 is 7.32. The molecule has 0 aliphatic heterocycles. The molecule has 2 rings (SSSR count). The van der Waals surface area contributed by atoms with Gasteiger partial charge in [0.15, 0.2) is 0 Å². The predicted octanol–water partition coefficient (Wildman–Crippen LogP) is 2.47. The van der Waals surface area contributed by atoms with Gasteiger partial charge >= 0.3 is 0 Å². The first kappa shape index (κ1) is 11.7. The lowest BCUT2D eigenvalue weighted by Crippen LogP contribution is -2.31. The van der Waals surface area contributed by atoms with Crippen LogP contribution in [-0.4, -0.2) is 22.8 Å². The first-order chi connectivity index (χ1) is 7.78. The van der Waals surface area contributed by atoms with E-state index in [2.05, 4.69) is 16.4 Å². The second kappa shape index (κ2) is 5.53. The Kier molecular flexibility index (Phi) is 4.05. The van der Waals surface area contributed by atoms with Gasteiger partial charge in [-0.2, -0.15) is 5.26 Å². The number of nitriles is 1. The molecule has 1 heterocycles. The maximum Gasteiger partial charge on any atom is 0.105 e. The monoisotopic (exact) mass is 253 g/mol. The second-order valence-corrected chi connectivity index (χ2v) is 5.23. The van der Waals surface area contributed by atoms with E-state index in [0.29, 0.717) is 11.1 Å². The molecule has 1 fully saturated rings. The molecule has 0 saturated heterocycles. The molecule has 1 aromatic heterocycles. The van der Waals surface area contributed by atoms with Crippen molar-refractivity contribution in [2.75, 3.05) is 5.75 Å². The lowest BCUT2D eigenvalue weighted by atomic mass is 10.4. The molecule has 0 spiro atoms. The zero-order valence-corrected chi connectivity index (χ0v) is 10.3. The minimum absolute atomic E-state index is 0.0880. The molecule has 0 bridgehead atoms. The van der Waals surface area contributed by atoms with Crippen molar-refractivity contribution in [1.82, 2.24) is 10.3 Å². The number of nitrogens with one attached hydrogen (secondary N) is 1. The Morgan fingerprint density at radius 2 is 2.44 bits per heavy atom. The van der Waals surface area contributed by atoms with Gasteiger partial charge in [0.2, 0.25) is 0 Å². The van der Waals surface area contributed by atoms with Crippen LogP contribution >= 0.6 is 23.4 Å². The SMILES string of the molecule is N#CC(CSc1ccc(Cl)cn1)NC1CC1. The van der Waals surface area contributed by atoms with Crippen LogP contribution in [0, 0.1) is 11.3 Å². The van der Waals surface area contributed by atoms with Gasteiger partial charge in [-0.25, -0.2) is 4.98 Å². The molecule has 84 valence electrons. The number of nitrogens with zero attached hydrogens (tertiary/aromatic N) is 2. The zero-order valence-electron chi connectivity index (χ0n) is 8.69. The highest BCUT2D eigenvalue weighted by molar-refractivity contribution is 7.99. The standard InChI is InChI=1S/C11H12ClN3S/c12-8-1-4-11(14-6-8)16-7-10(5-13)15-9-2-3-9/h1,4,6,9-10,15H,2-3,7H2. The highest BCUT2D eigenvalue weighted by Crippen LogP contribution is 2.22. The van der Waals surface area contributed by atoms with Crippen LogP contribution in [0.25, 0.3) is 0 Å². The Morgan fingerprint density at radius 1 is 1.62 bits per heavy atom. The van der Waals surface area contributed by atoms with Crippen molar-refractivity contribution < 1.29 is 0 Å². The summed E-state index contributed by atoms with van der Waals surface area (Å²) in [6, 6.07) is 6.43. The molecule has 1 aliphatic carbocycles. The molecule has 5 heteroatoms. The van der Waals surface area contributed by atoms with E-state index in [9.17, 15) is 0 Å². The van der Waals surface area contributed by atoms with Crippen molar-refractivity contribution >= 4 is 23.4 Å². The zero-order chi connectivity index (χ0) is 11.4. The van der Waals surface area contributed by atoms with E-state index in [4.69, 9.17) is 16.9 Å². The Hall–Kier alpha value is -0.760. The summed E-state index contributed by atoms with van der Waals surface area (Å²) in [4.78, 5) is 4.17. The fraction of sp³-hybridized carbons (Fsp3) is 0.455. The van der Waals surface area contributed by atoms with Crippen LogP contribution in [0.3, 0.4) is 0 Å². The Bertz CT molecular complexity index is 383. The van der Waals surface area contributed by atoms with E-state index in [0.717, 1.165) is 10.8 Å². The molecule has 0 aromatic carbocycles. The summed E-state index contributed by atoms with van der Waals surface area (Å²) in [5.74, 6) is 0.724. The molecule has 16 heavy (non-hydrogen) atoms. The number of halogens is 1. The van der Waals surface area contributed by atoms with Gasteiger partial charge in [0.25, 0.3) is 0 Å². The third-order valence-corrected chi connectivity index (χ3v) is 3.53. The van der Waals surface area contributed by atoms with E-state index in [1.807, 2.05) is 12.1 Å². The molecule has 0 amide bonds. The van der Waals surface area contributed by atoms with Gasteiger partial charge in [-0.1, -0.05) is 11.6 Å². The number of aromatic nitrogens is 1. The largest absolute Gasteiger partial charge is 0.298 e. The normalized spacial score (nSPS) is 16.8. The van der Waals surface area contributed by atoms with Crippen LogP contribution in [0.15, 0.2) is 23.4 Å². The minimum atomic E-state index is -0.0880. The number of pyridine rings is 1. The van der Waals surface area contributed by atoms with Gasteiger partial charge in [-0.05, 0) is 25.0 Å². The third-order valence-electron chi connectivity index (χ3n) is 2.27. The van der Waals surface area contributed by atoms with Gasteiger partial charge in [0, 0.05) is 18.0 Å². The van der Waals surface area contributed by atoms with E-state index in [-0.39, 0.29) is 6.04 Å². The Labute approximate surface area is 104 Å². The maximum absolute atomic E-state index is 8.96. The van der Waals surface area contributed by atoms with E-state index < -0.39 is 0 Å². The molecule has 1 unspecified atom stereocenters. The highest BCUT2D eigenvalue weighted by Gasteiger charge is 2.24. The van der Waals surface area contributed by atoms with Crippen molar-refractivity contribution in [2.45, 2.75) is 30.0 Å². The average Bonchev–Trinajstić information content (AvgIpc) is 3.10. The van der Waals surface area contributed by atoms with Gasteiger partial charge in [-0.15, -0.1) is 11.8 Å². The topological polar surface area (TPSA) is 48.7 Å². The molecular weight excluding hydrogens is 242 g/mol. The van der Waals surface area contributed by atoms with Crippen molar-refractivity contribution in [2.24, 2.45) is 0 Å². The van der Waals surface area contributed by atoms with Crippen LogP contribution < -0.4 is 5.32 Å². The maximum atomic E-state index is 8.96. The molecule has 0 radical (unpaired) electrons. The Balaban J connectivity index is 1.80. The molecule has 1 N–H and O–H groups in total. The van der Waals surface area contributed by atoms with Crippen LogP contribution in [-0.2, 0) is 0 Å². The smallest absolute Gasteiger partial charge is 0.105 e. The van der Waals surface area contributed by atoms with Gasteiger partial charge in [0.1, 0.15) is 6.04 Å². The quantitative estimate of drug-likeness (QED) is 0.819. The van der Waals surface area contributed by atoms with E-state index in [1.165, 1.54) is 12.8 Å². The summed E-state index contributed by atoms with van der Waals surface area (Å²) in [6.45, 7) is 0. The molecule has 1 saturated carbocycles. The first-order valence-electron chi connectivity index (χ1n) is 5.18. The number of hydrogen-bond donors (Lipinski definition) is 1. The third kappa shape index (κ3) is 3.67. The highest BCUT2D eigenvalue weighted by atomic mass is 35.5. The Morgan fingerprint density at radius 3 is 3.00 bits per heavy atom.